The van der Waals surface area contributed by atoms with Gasteiger partial charge in [0.15, 0.2) is 16.1 Å². The van der Waals surface area contributed by atoms with Gasteiger partial charge in [0.25, 0.3) is 0 Å². The van der Waals surface area contributed by atoms with Crippen LogP contribution in [0.4, 0.5) is 122 Å². The average Bonchev–Trinajstić information content (AvgIpc) is 0.794. The molecule has 804 valence electrons. The van der Waals surface area contributed by atoms with Crippen LogP contribution in [-0.2, 0) is 20.8 Å². The van der Waals surface area contributed by atoms with Gasteiger partial charge < -0.3 is 89.6 Å². The number of urea groups is 1. The average molecular weight is 2080 g/mol. The first-order valence-corrected chi connectivity index (χ1v) is 51.0. The minimum Gasteiger partial charge on any atom is -0.497 e. The number of esters is 1. The number of nitrogens with two attached hydrogens (primary N) is 1. The van der Waals surface area contributed by atoms with E-state index >= 15 is 0 Å². The summed E-state index contributed by atoms with van der Waals surface area (Å²) in [6, 6.07) is 42.7. The molecule has 0 saturated carbocycles. The predicted molar refractivity (Wildman–Crippen MR) is 606 cm³/mol. The fraction of sp³-hybridized carbons (Fsp3) is 0.393. The van der Waals surface area contributed by atoms with Gasteiger partial charge in [-0.25, -0.2) is 42.9 Å². The number of allylic oxidation sites excluding steroid dienone is 1. The minimum absolute atomic E-state index is 0.0644. The summed E-state index contributed by atoms with van der Waals surface area (Å²) in [4.78, 5) is 84.6. The monoisotopic (exact) mass is 2080 g/mol. The number of alkyl halides is 3. The highest BCUT2D eigenvalue weighted by molar-refractivity contribution is 7.91. The molecule has 1 aliphatic rings. The molecule has 0 bridgehead atoms. The summed E-state index contributed by atoms with van der Waals surface area (Å²) >= 11 is 0. The number of ether oxygens (including phenoxy) is 2. The van der Waals surface area contributed by atoms with E-state index in [1.807, 2.05) is 236 Å². The highest BCUT2D eigenvalue weighted by Crippen LogP contribution is 2.38. The third-order valence-electron chi connectivity index (χ3n) is 21.0. The zero-order valence-electron chi connectivity index (χ0n) is 92.8. The Kier molecular flexibility index (Phi) is 41.6. The molecule has 12 aromatic rings. The maximum atomic E-state index is 13.0. The highest BCUT2D eigenvalue weighted by atomic mass is 32.2. The number of hydrogen-bond donors (Lipinski definition) is 16. The minimum atomic E-state index is -4.39. The number of sulfone groups is 1. The molecule has 38 heteroatoms. The van der Waals surface area contributed by atoms with Crippen molar-refractivity contribution in [3.05, 3.63) is 260 Å². The van der Waals surface area contributed by atoms with Crippen molar-refractivity contribution in [2.24, 2.45) is 16.6 Å². The van der Waals surface area contributed by atoms with Crippen molar-refractivity contribution in [1.29, 1.82) is 0 Å². The van der Waals surface area contributed by atoms with E-state index in [-0.39, 0.29) is 68.8 Å². The molecule has 17 N–H and O–H groups in total. The third-order valence-corrected chi connectivity index (χ3v) is 23.1. The molecule has 0 saturated heterocycles. The number of methoxy groups -OCH3 is 1. The van der Waals surface area contributed by atoms with E-state index in [1.165, 1.54) is 13.0 Å². The van der Waals surface area contributed by atoms with E-state index in [4.69, 9.17) is 15.2 Å². The molecule has 0 fully saturated rings. The fourth-order valence-electron chi connectivity index (χ4n) is 14.0. The molecule has 0 aliphatic carbocycles. The second kappa shape index (κ2) is 52.0. The summed E-state index contributed by atoms with van der Waals surface area (Å²) in [6.45, 7) is 63.6. The number of anilines is 18. The Morgan fingerprint density at radius 3 is 1.19 bits per heavy atom. The molecule has 7 aromatic carbocycles. The number of carbonyl (C=O) groups excluding carboxylic acids is 3. The number of rotatable bonds is 27. The summed E-state index contributed by atoms with van der Waals surface area (Å²) in [5.41, 5.74) is 20.3. The lowest BCUT2D eigenvalue weighted by Crippen LogP contribution is -2.51. The molecular formula is C112H152F3N27O7S. The lowest BCUT2D eigenvalue weighted by molar-refractivity contribution is -0.138. The van der Waals surface area contributed by atoms with Crippen LogP contribution in [0.1, 0.15) is 234 Å². The van der Waals surface area contributed by atoms with E-state index in [9.17, 15) is 36.0 Å². The van der Waals surface area contributed by atoms with Crippen molar-refractivity contribution < 1.29 is 45.4 Å². The van der Waals surface area contributed by atoms with Gasteiger partial charge in [0, 0.05) is 161 Å². The zero-order chi connectivity index (χ0) is 112. The second-order valence-electron chi connectivity index (χ2n) is 43.0. The Morgan fingerprint density at radius 1 is 0.420 bits per heavy atom. The molecule has 5 aromatic heterocycles. The Hall–Kier alpha value is -15.3. The van der Waals surface area contributed by atoms with Crippen LogP contribution < -0.4 is 90.2 Å². The Morgan fingerprint density at radius 2 is 0.787 bits per heavy atom. The van der Waals surface area contributed by atoms with E-state index in [0.29, 0.717) is 92.7 Å². The standard InChI is InChI=1S/C23H28N6O.C19H28N4O2S.C19H28N4O2.C17H21F3N4.C17H23N5O.C17H24N4O/c1-15-8-6-9-17(12-15)26-22(30)27-19-11-7-10-18(13-19)25-20-16(2)14-24-21(28-20)29-23(3,4)5;1-13(2)12-26(24,25)16-9-7-8-15(10-16)21-17-14(3)11-20-18(22-17)23-19(4,5)6;1-7-25-17(24)14-9-8-10-15(13(14)3)21-16-12(2)11-20-18(22-16)23-19(4,5)6;1-10-9-21-15(24-16(3,4)5)23-14(10)22-13-8-6-7-12(11(13)2)17(18,19)20;1-10-9-19-16(22-17(3,4)5)21-15(10)20-13-8-6-7-12(11(13)2)14(18)23;1-11-7-13(9-14(8-11)22-6)19-15-12(2)10-18-16(20-15)21-17(3,4)5/h6-14H,1-5H3,(H2,26,27,30)(H2,24,25,28,29);7-11,13H,12H2,1-6H3,(H2,20,21,22,23);8-11,18,21-23H,7H2,1-6H3;6-9H,1-5H3,(H2,21,22,23,24);6-9H,1-5H3,(H2,18,23)(H2,19,20,21,22);7-10H,1-6H3,(H2,18,19,20,21). The molecule has 1 unspecified atom stereocenters. The molecular weight excluding hydrogens is 1920 g/mol. The van der Waals surface area contributed by atoms with E-state index in [2.05, 4.69) is 203 Å². The largest absolute Gasteiger partial charge is 0.497 e. The lowest BCUT2D eigenvalue weighted by atomic mass is 10.1. The summed E-state index contributed by atoms with van der Waals surface area (Å²) in [6.07, 6.45) is 5.97. The van der Waals surface area contributed by atoms with Crippen LogP contribution in [0, 0.1) is 75.2 Å². The van der Waals surface area contributed by atoms with Gasteiger partial charge in [-0.05, 0) is 339 Å². The Labute approximate surface area is 882 Å². The number of primary amides is 1. The second-order valence-corrected chi connectivity index (χ2v) is 45.1. The zero-order valence-corrected chi connectivity index (χ0v) is 93.6. The number of aryl methyl sites for hydroxylation is 7. The first-order chi connectivity index (χ1) is 69.8. The normalized spacial score (nSPS) is 12.5. The molecule has 1 aliphatic heterocycles. The number of carbonyl (C=O) groups is 3. The quantitative estimate of drug-likeness (QED) is 0.0213. The van der Waals surface area contributed by atoms with Crippen molar-refractivity contribution in [2.75, 3.05) is 88.6 Å². The molecule has 1 atom stereocenters. The maximum Gasteiger partial charge on any atom is 0.416 e. The lowest BCUT2D eigenvalue weighted by Gasteiger charge is -2.31. The van der Waals surface area contributed by atoms with Crippen molar-refractivity contribution in [2.45, 2.75) is 272 Å². The van der Waals surface area contributed by atoms with E-state index in [0.717, 1.165) is 108 Å². The molecule has 3 amide bonds. The number of nitrogens with zero attached hydrogens (tertiary/aromatic N) is 11. The molecule has 34 nitrogen and oxygen atoms in total. The summed E-state index contributed by atoms with van der Waals surface area (Å²) in [5.74, 6) is 7.10. The first-order valence-electron chi connectivity index (χ1n) is 49.3. The maximum absolute atomic E-state index is 13.0. The van der Waals surface area contributed by atoms with E-state index in [1.54, 1.807) is 88.2 Å². The number of nitrogens with one attached hydrogen (secondary N) is 15. The van der Waals surface area contributed by atoms with Crippen molar-refractivity contribution in [1.82, 2.24) is 60.5 Å². The van der Waals surface area contributed by atoms with Gasteiger partial charge in [0.05, 0.1) is 35.5 Å². The molecule has 13 rings (SSSR count). The first kappa shape index (κ1) is 120. The smallest absolute Gasteiger partial charge is 0.416 e. The van der Waals surface area contributed by atoms with Crippen molar-refractivity contribution in [3.63, 3.8) is 0 Å². The van der Waals surface area contributed by atoms with Crippen LogP contribution in [0.3, 0.4) is 0 Å². The van der Waals surface area contributed by atoms with Crippen molar-refractivity contribution >= 4 is 138 Å². The molecule has 150 heavy (non-hydrogen) atoms. The molecule has 0 spiro atoms. The van der Waals surface area contributed by atoms with Gasteiger partial charge in [-0.2, -0.15) is 38.1 Å². The van der Waals surface area contributed by atoms with Gasteiger partial charge in [-0.15, -0.1) is 0 Å². The highest BCUT2D eigenvalue weighted by Gasteiger charge is 2.34. The summed E-state index contributed by atoms with van der Waals surface area (Å²) < 4.78 is 74.5. The number of aliphatic imine (C=N–C) groups is 1. The number of aromatic nitrogens is 10. The Bertz CT molecular complexity index is 6840. The molecule has 6 heterocycles. The van der Waals surface area contributed by atoms with Crippen LogP contribution in [-0.4, -0.2) is 141 Å². The topological polar surface area (TPSA) is 452 Å². The summed E-state index contributed by atoms with van der Waals surface area (Å²) in [5, 5.41) is 48.1. The SMILES string of the molecule is CCOC(=O)c1cccc(NC2=C(C)C=NC(NC(C)(C)C)N2)c1C.COc1cc(C)cc(Nc2nc(NC(C)(C)C)ncc2C)c1.Cc1cccc(NC(=O)Nc2cccc(Nc3nc(NC(C)(C)C)ncc3C)c2)c1.Cc1cnc(NC(C)(C)C)nc1Nc1cccc(C(F)(F)F)c1C.Cc1cnc(NC(C)(C)C)nc1Nc1cccc(C(N)=O)c1C.Cc1cnc(NC(C)(C)C)nc1Nc1cccc(S(=O)(=O)CC(C)C)c1. The van der Waals surface area contributed by atoms with Gasteiger partial charge in [-0.3, -0.25) is 15.1 Å². The summed E-state index contributed by atoms with van der Waals surface area (Å²) in [7, 11) is -1.64. The fourth-order valence-corrected chi connectivity index (χ4v) is 15.7. The van der Waals surface area contributed by atoms with Gasteiger partial charge in [-0.1, -0.05) is 56.3 Å². The van der Waals surface area contributed by atoms with Gasteiger partial charge in [0.2, 0.25) is 35.6 Å². The van der Waals surface area contributed by atoms with Crippen LogP contribution in [0.15, 0.2) is 198 Å². The Balaban J connectivity index is 0.000000220. The van der Waals surface area contributed by atoms with Gasteiger partial charge in [0.1, 0.15) is 40.7 Å². The van der Waals surface area contributed by atoms with Crippen LogP contribution in [0.25, 0.3) is 0 Å². The molecule has 0 radical (unpaired) electrons. The van der Waals surface area contributed by atoms with Crippen LogP contribution in [0.5, 0.6) is 5.75 Å². The third kappa shape index (κ3) is 40.4. The predicted octanol–water partition coefficient (Wildman–Crippen LogP) is 25.3. The van der Waals surface area contributed by atoms with Crippen LogP contribution >= 0.6 is 0 Å². The number of halogens is 3. The van der Waals surface area contributed by atoms with Crippen molar-refractivity contribution in [3.8, 4) is 5.75 Å². The van der Waals surface area contributed by atoms with E-state index < -0.39 is 27.5 Å². The number of benzene rings is 7. The van der Waals surface area contributed by atoms with Gasteiger partial charge >= 0.3 is 18.2 Å². The number of hydrogen-bond acceptors (Lipinski definition) is 31. The van der Waals surface area contributed by atoms with Crippen LogP contribution in [0.2, 0.25) is 0 Å². The number of amides is 3.